The first-order chi connectivity index (χ1) is 6.69. The van der Waals surface area contributed by atoms with E-state index in [2.05, 4.69) is 9.97 Å². The molecule has 1 heterocycles. The largest absolute Gasteiger partial charge is 0.493 e. The van der Waals surface area contributed by atoms with Crippen molar-refractivity contribution in [3.63, 3.8) is 0 Å². The Bertz CT molecular complexity index is 360. The van der Waals surface area contributed by atoms with Gasteiger partial charge >= 0.3 is 0 Å². The fraction of sp³-hybridized carbons (Fsp3) is 0.556. The van der Waals surface area contributed by atoms with Crippen LogP contribution in [0.3, 0.4) is 0 Å². The molecular formula is C9H14N2O3. The molecule has 0 saturated carbocycles. The third-order valence-electron chi connectivity index (χ3n) is 1.94. The van der Waals surface area contributed by atoms with E-state index in [4.69, 9.17) is 4.74 Å². The van der Waals surface area contributed by atoms with Gasteiger partial charge in [0.25, 0.3) is 5.56 Å². The number of nitrogens with zero attached hydrogens (tertiary/aromatic N) is 1. The van der Waals surface area contributed by atoms with Gasteiger partial charge in [0.1, 0.15) is 5.82 Å². The molecule has 1 rings (SSSR count). The molecule has 0 amide bonds. The lowest BCUT2D eigenvalue weighted by molar-refractivity contribution is 0.200. The molecule has 0 radical (unpaired) electrons. The molecule has 1 aromatic heterocycles. The molecule has 0 spiro atoms. The Morgan fingerprint density at radius 3 is 2.79 bits per heavy atom. The Balaban J connectivity index is 2.96. The second-order valence-corrected chi connectivity index (χ2v) is 2.91. The average molecular weight is 198 g/mol. The molecule has 0 aromatic carbocycles. The Labute approximate surface area is 81.8 Å². The van der Waals surface area contributed by atoms with Crippen molar-refractivity contribution >= 4 is 0 Å². The van der Waals surface area contributed by atoms with Crippen LogP contribution in [0.25, 0.3) is 0 Å². The molecule has 0 bridgehead atoms. The summed E-state index contributed by atoms with van der Waals surface area (Å²) in [6.07, 6.45) is 0.960. The van der Waals surface area contributed by atoms with Crippen LogP contribution in [-0.2, 0) is 17.6 Å². The predicted octanol–water partition coefficient (Wildman–Crippen LogP) is 0.227. The van der Waals surface area contributed by atoms with Gasteiger partial charge < -0.3 is 14.8 Å². The van der Waals surface area contributed by atoms with Gasteiger partial charge in [-0.2, -0.15) is 4.98 Å². The zero-order valence-electron chi connectivity index (χ0n) is 8.33. The summed E-state index contributed by atoms with van der Waals surface area (Å²) < 4.78 is 4.84. The van der Waals surface area contributed by atoms with E-state index >= 15 is 0 Å². The van der Waals surface area contributed by atoms with E-state index in [9.17, 15) is 9.90 Å². The number of rotatable bonds is 4. The van der Waals surface area contributed by atoms with Gasteiger partial charge in [-0.3, -0.25) is 4.79 Å². The van der Waals surface area contributed by atoms with Crippen molar-refractivity contribution in [1.82, 2.24) is 9.97 Å². The van der Waals surface area contributed by atoms with Gasteiger partial charge in [-0.05, 0) is 6.42 Å². The summed E-state index contributed by atoms with van der Waals surface area (Å²) in [6, 6.07) is 0. The molecule has 14 heavy (non-hydrogen) atoms. The molecule has 0 fully saturated rings. The summed E-state index contributed by atoms with van der Waals surface area (Å²) in [5.74, 6) is 0.272. The van der Waals surface area contributed by atoms with Crippen molar-refractivity contribution in [2.24, 2.45) is 0 Å². The number of H-pyrrole nitrogens is 1. The summed E-state index contributed by atoms with van der Waals surface area (Å²) in [5.41, 5.74) is 0.0530. The minimum absolute atomic E-state index is 0.178. The maximum Gasteiger partial charge on any atom is 0.257 e. The molecule has 0 unspecified atom stereocenters. The molecule has 1 aromatic rings. The third kappa shape index (κ3) is 2.32. The highest BCUT2D eigenvalue weighted by Gasteiger charge is 2.07. The average Bonchev–Trinajstić information content (AvgIpc) is 2.14. The first-order valence-corrected chi connectivity index (χ1v) is 4.49. The molecule has 5 nitrogen and oxygen atoms in total. The lowest BCUT2D eigenvalue weighted by Crippen LogP contribution is -2.17. The zero-order valence-corrected chi connectivity index (χ0v) is 8.33. The number of hydrogen-bond acceptors (Lipinski definition) is 4. The number of nitrogens with one attached hydrogen (secondary N) is 1. The lowest BCUT2D eigenvalue weighted by Gasteiger charge is -2.03. The Morgan fingerprint density at radius 2 is 2.29 bits per heavy atom. The van der Waals surface area contributed by atoms with Gasteiger partial charge in [-0.1, -0.05) is 6.92 Å². The van der Waals surface area contributed by atoms with Crippen molar-refractivity contribution in [2.45, 2.75) is 19.8 Å². The maximum absolute atomic E-state index is 11.4. The second kappa shape index (κ2) is 4.76. The van der Waals surface area contributed by atoms with Crippen LogP contribution in [0, 0.1) is 0 Å². The quantitative estimate of drug-likeness (QED) is 0.726. The van der Waals surface area contributed by atoms with Crippen molar-refractivity contribution in [3.05, 3.63) is 21.7 Å². The Hall–Kier alpha value is -1.36. The topological polar surface area (TPSA) is 75.2 Å². The SMILES string of the molecule is CCc1c(O)nc(CCOC)[nH]c1=O. The number of aromatic hydroxyl groups is 1. The highest BCUT2D eigenvalue weighted by molar-refractivity contribution is 5.22. The maximum atomic E-state index is 11.4. The van der Waals surface area contributed by atoms with Gasteiger partial charge in [0.15, 0.2) is 0 Å². The molecule has 0 aliphatic carbocycles. The molecule has 2 N–H and O–H groups in total. The minimum Gasteiger partial charge on any atom is -0.493 e. The first kappa shape index (κ1) is 10.7. The summed E-state index contributed by atoms with van der Waals surface area (Å²) in [5, 5.41) is 9.40. The fourth-order valence-electron chi connectivity index (χ4n) is 1.17. The van der Waals surface area contributed by atoms with E-state index in [1.54, 1.807) is 14.0 Å². The smallest absolute Gasteiger partial charge is 0.257 e. The molecule has 0 aliphatic heterocycles. The van der Waals surface area contributed by atoms with Crippen LogP contribution in [0.2, 0.25) is 0 Å². The van der Waals surface area contributed by atoms with Crippen molar-refractivity contribution in [1.29, 1.82) is 0 Å². The van der Waals surface area contributed by atoms with E-state index in [0.29, 0.717) is 30.8 Å². The number of methoxy groups -OCH3 is 1. The monoisotopic (exact) mass is 198 g/mol. The van der Waals surface area contributed by atoms with Gasteiger partial charge in [0.05, 0.1) is 12.2 Å². The van der Waals surface area contributed by atoms with E-state index < -0.39 is 0 Å². The molecular weight excluding hydrogens is 184 g/mol. The van der Waals surface area contributed by atoms with Crippen molar-refractivity contribution in [2.75, 3.05) is 13.7 Å². The Morgan fingerprint density at radius 1 is 1.57 bits per heavy atom. The van der Waals surface area contributed by atoms with Crippen LogP contribution in [0.4, 0.5) is 0 Å². The van der Waals surface area contributed by atoms with Crippen LogP contribution in [-0.4, -0.2) is 28.8 Å². The molecule has 5 heteroatoms. The van der Waals surface area contributed by atoms with Crippen LogP contribution in [0.5, 0.6) is 5.88 Å². The van der Waals surface area contributed by atoms with E-state index in [0.717, 1.165) is 0 Å². The number of aromatic amines is 1. The minimum atomic E-state index is -0.272. The Kier molecular flexibility index (Phi) is 3.64. The van der Waals surface area contributed by atoms with Gasteiger partial charge in [-0.25, -0.2) is 0 Å². The van der Waals surface area contributed by atoms with E-state index in [1.165, 1.54) is 0 Å². The van der Waals surface area contributed by atoms with Crippen molar-refractivity contribution < 1.29 is 9.84 Å². The van der Waals surface area contributed by atoms with Crippen LogP contribution < -0.4 is 5.56 Å². The summed E-state index contributed by atoms with van der Waals surface area (Å²) in [4.78, 5) is 17.8. The van der Waals surface area contributed by atoms with Crippen molar-refractivity contribution in [3.8, 4) is 5.88 Å². The standard InChI is InChI=1S/C9H14N2O3/c1-3-6-8(12)10-7(4-5-14-2)11-9(6)13/h3-5H2,1-2H3,(H2,10,11,12,13). The van der Waals surface area contributed by atoms with Crippen LogP contribution in [0.1, 0.15) is 18.3 Å². The van der Waals surface area contributed by atoms with E-state index in [-0.39, 0.29) is 11.4 Å². The molecule has 0 saturated heterocycles. The highest BCUT2D eigenvalue weighted by atomic mass is 16.5. The van der Waals surface area contributed by atoms with Crippen LogP contribution >= 0.6 is 0 Å². The summed E-state index contributed by atoms with van der Waals surface area (Å²) in [6.45, 7) is 2.26. The highest BCUT2D eigenvalue weighted by Crippen LogP contribution is 2.08. The van der Waals surface area contributed by atoms with Gasteiger partial charge in [0, 0.05) is 13.5 Å². The zero-order chi connectivity index (χ0) is 10.6. The molecule has 0 atom stereocenters. The van der Waals surface area contributed by atoms with Gasteiger partial charge in [-0.15, -0.1) is 0 Å². The number of aromatic nitrogens is 2. The second-order valence-electron chi connectivity index (χ2n) is 2.91. The number of hydrogen-bond donors (Lipinski definition) is 2. The first-order valence-electron chi connectivity index (χ1n) is 4.49. The normalized spacial score (nSPS) is 10.4. The summed E-state index contributed by atoms with van der Waals surface area (Å²) >= 11 is 0. The predicted molar refractivity (Wildman–Crippen MR) is 51.5 cm³/mol. The summed E-state index contributed by atoms with van der Waals surface area (Å²) in [7, 11) is 1.57. The number of ether oxygens (including phenoxy) is 1. The molecule has 0 aliphatic rings. The fourth-order valence-corrected chi connectivity index (χ4v) is 1.17. The van der Waals surface area contributed by atoms with Gasteiger partial charge in [0.2, 0.25) is 5.88 Å². The molecule has 78 valence electrons. The van der Waals surface area contributed by atoms with E-state index in [1.807, 2.05) is 0 Å². The lowest BCUT2D eigenvalue weighted by atomic mass is 10.2. The van der Waals surface area contributed by atoms with Crippen LogP contribution in [0.15, 0.2) is 4.79 Å². The third-order valence-corrected chi connectivity index (χ3v) is 1.94.